The van der Waals surface area contributed by atoms with E-state index in [1.807, 2.05) is 0 Å². The fraction of sp³-hybridized carbons (Fsp3) is 0.750. The number of hydrogen-bond donors (Lipinski definition) is 1. The Hall–Kier alpha value is 0.750. The third-order valence-electron chi connectivity index (χ3n) is 0.854. The van der Waals surface area contributed by atoms with Crippen molar-refractivity contribution >= 4 is 39.3 Å². The van der Waals surface area contributed by atoms with Gasteiger partial charge in [0.2, 0.25) is 0 Å². The second-order valence-electron chi connectivity index (χ2n) is 1.48. The summed E-state index contributed by atoms with van der Waals surface area (Å²) in [6.07, 6.45) is 0. The Labute approximate surface area is 62.2 Å². The number of aliphatic hydroxyl groups excluding tert-OH is 1. The summed E-state index contributed by atoms with van der Waals surface area (Å²) in [5.74, 6) is 0.986. The molecule has 1 rings (SSSR count). The third kappa shape index (κ3) is 1.62. The fourth-order valence-corrected chi connectivity index (χ4v) is 3.20. The van der Waals surface area contributed by atoms with E-state index in [4.69, 9.17) is 17.3 Å². The van der Waals surface area contributed by atoms with Gasteiger partial charge in [-0.05, 0) is 0 Å². The Bertz CT molecular complexity index is 103. The monoisotopic (exact) mass is 166 g/mol. The lowest BCUT2D eigenvalue weighted by atomic mass is 10.5. The Kier molecular flexibility index (Phi) is 2.62. The van der Waals surface area contributed by atoms with Crippen LogP contribution in [0.4, 0.5) is 0 Å². The molecule has 0 aromatic heterocycles. The molecule has 1 heterocycles. The first kappa shape index (κ1) is 6.86. The summed E-state index contributed by atoms with van der Waals surface area (Å²) in [5, 5.41) is 8.96. The highest BCUT2D eigenvalue weighted by molar-refractivity contribution is 8.49. The molecule has 1 fully saturated rings. The molecule has 1 aliphatic rings. The lowest BCUT2D eigenvalue weighted by molar-refractivity contribution is 0.302. The van der Waals surface area contributed by atoms with Crippen molar-refractivity contribution in [3.8, 4) is 0 Å². The van der Waals surface area contributed by atoms with Gasteiger partial charge in [-0.3, -0.25) is 0 Å². The van der Waals surface area contributed by atoms with Crippen LogP contribution in [0.2, 0.25) is 0 Å². The highest BCUT2D eigenvalue weighted by atomic mass is 32.2. The summed E-state index contributed by atoms with van der Waals surface area (Å²) in [6.45, 7) is 0.262. The second-order valence-corrected chi connectivity index (χ2v) is 5.01. The first-order valence-corrected chi connectivity index (χ1v) is 4.54. The number of hydrogen-bond acceptors (Lipinski definition) is 4. The average molecular weight is 166 g/mol. The predicted octanol–water partition coefficient (Wildman–Crippen LogP) is 1.11. The van der Waals surface area contributed by atoms with Crippen molar-refractivity contribution in [1.29, 1.82) is 0 Å². The molecule has 0 radical (unpaired) electrons. The van der Waals surface area contributed by atoms with Gasteiger partial charge in [0.15, 0.2) is 0 Å². The Morgan fingerprint density at radius 1 is 1.88 bits per heavy atom. The summed E-state index contributed by atoms with van der Waals surface area (Å²) in [4.78, 5) is 0. The second kappa shape index (κ2) is 3.06. The van der Waals surface area contributed by atoms with Crippen LogP contribution in [-0.2, 0) is 0 Å². The first-order chi connectivity index (χ1) is 3.83. The SMILES string of the molecule is OCC1CSC(=S)S1. The smallest absolute Gasteiger partial charge is 0.104 e. The van der Waals surface area contributed by atoms with Gasteiger partial charge >= 0.3 is 0 Å². The zero-order chi connectivity index (χ0) is 5.98. The molecule has 1 N–H and O–H groups in total. The summed E-state index contributed by atoms with van der Waals surface area (Å²) in [5.41, 5.74) is 0. The minimum atomic E-state index is 0.262. The molecule has 1 saturated heterocycles. The van der Waals surface area contributed by atoms with Crippen LogP contribution < -0.4 is 0 Å². The van der Waals surface area contributed by atoms with Gasteiger partial charge < -0.3 is 5.11 Å². The molecule has 1 nitrogen and oxygen atoms in total. The highest BCUT2D eigenvalue weighted by Gasteiger charge is 2.19. The van der Waals surface area contributed by atoms with E-state index < -0.39 is 0 Å². The maximum Gasteiger partial charge on any atom is 0.104 e. The van der Waals surface area contributed by atoms with Gasteiger partial charge in [-0.2, -0.15) is 0 Å². The van der Waals surface area contributed by atoms with E-state index in [2.05, 4.69) is 0 Å². The van der Waals surface area contributed by atoms with Gasteiger partial charge in [-0.1, -0.05) is 12.2 Å². The van der Waals surface area contributed by atoms with Crippen LogP contribution in [-0.4, -0.2) is 26.2 Å². The molecule has 0 aromatic carbocycles. The number of thiocarbonyl (C=S) groups is 1. The van der Waals surface area contributed by atoms with Crippen LogP contribution in [0.3, 0.4) is 0 Å². The molecule has 4 heteroatoms. The van der Waals surface area contributed by atoms with E-state index in [1.165, 1.54) is 0 Å². The van der Waals surface area contributed by atoms with Crippen molar-refractivity contribution in [2.45, 2.75) is 5.25 Å². The fourth-order valence-electron chi connectivity index (χ4n) is 0.455. The number of thioether (sulfide) groups is 2. The van der Waals surface area contributed by atoms with E-state index in [1.54, 1.807) is 23.5 Å². The van der Waals surface area contributed by atoms with E-state index >= 15 is 0 Å². The van der Waals surface area contributed by atoms with Crippen LogP contribution in [0.1, 0.15) is 0 Å². The van der Waals surface area contributed by atoms with Gasteiger partial charge in [-0.25, -0.2) is 0 Å². The number of rotatable bonds is 1. The standard InChI is InChI=1S/C4H6OS3/c5-1-3-2-7-4(6)8-3/h3,5H,1-2H2. The molecule has 0 bridgehead atoms. The highest BCUT2D eigenvalue weighted by Crippen LogP contribution is 2.32. The van der Waals surface area contributed by atoms with E-state index in [0.717, 1.165) is 9.28 Å². The van der Waals surface area contributed by atoms with E-state index in [0.29, 0.717) is 5.25 Å². The van der Waals surface area contributed by atoms with Gasteiger partial charge in [0.25, 0.3) is 0 Å². The van der Waals surface area contributed by atoms with Gasteiger partial charge in [-0.15, -0.1) is 23.5 Å². The van der Waals surface area contributed by atoms with Gasteiger partial charge in [0.1, 0.15) is 3.53 Å². The molecule has 0 aromatic rings. The van der Waals surface area contributed by atoms with Crippen molar-refractivity contribution in [1.82, 2.24) is 0 Å². The molecule has 46 valence electrons. The predicted molar refractivity (Wildman–Crippen MR) is 43.5 cm³/mol. The largest absolute Gasteiger partial charge is 0.395 e. The number of aliphatic hydroxyl groups is 1. The maximum atomic E-state index is 8.59. The topological polar surface area (TPSA) is 20.2 Å². The van der Waals surface area contributed by atoms with Crippen LogP contribution in [0, 0.1) is 0 Å². The molecule has 0 saturated carbocycles. The van der Waals surface area contributed by atoms with Crippen molar-refractivity contribution in [2.24, 2.45) is 0 Å². The molecule has 0 aliphatic carbocycles. The average Bonchev–Trinajstić information content (AvgIpc) is 2.14. The lowest BCUT2D eigenvalue weighted by Gasteiger charge is -1.96. The third-order valence-corrected chi connectivity index (χ3v) is 4.00. The molecule has 1 unspecified atom stereocenters. The van der Waals surface area contributed by atoms with Crippen LogP contribution >= 0.6 is 35.7 Å². The summed E-state index contributed by atoms with van der Waals surface area (Å²) in [6, 6.07) is 0. The lowest BCUT2D eigenvalue weighted by Crippen LogP contribution is -2.05. The molecule has 1 atom stereocenters. The van der Waals surface area contributed by atoms with E-state index in [9.17, 15) is 0 Å². The van der Waals surface area contributed by atoms with Crippen molar-refractivity contribution in [2.75, 3.05) is 12.4 Å². The quantitative estimate of drug-likeness (QED) is 0.589. The molecular weight excluding hydrogens is 160 g/mol. The minimum Gasteiger partial charge on any atom is -0.395 e. The molecular formula is C4H6OS3. The zero-order valence-electron chi connectivity index (χ0n) is 4.16. The zero-order valence-corrected chi connectivity index (χ0v) is 6.61. The normalized spacial score (nSPS) is 29.1. The van der Waals surface area contributed by atoms with Crippen LogP contribution in [0.15, 0.2) is 0 Å². The van der Waals surface area contributed by atoms with Gasteiger partial charge in [0, 0.05) is 11.0 Å². The molecule has 0 spiro atoms. The summed E-state index contributed by atoms with van der Waals surface area (Å²) < 4.78 is 0.976. The van der Waals surface area contributed by atoms with Gasteiger partial charge in [0.05, 0.1) is 6.61 Å². The first-order valence-electron chi connectivity index (χ1n) is 2.27. The maximum absolute atomic E-state index is 8.59. The molecule has 0 amide bonds. The summed E-state index contributed by atoms with van der Waals surface area (Å²) in [7, 11) is 0. The van der Waals surface area contributed by atoms with Crippen LogP contribution in [0.25, 0.3) is 0 Å². The Morgan fingerprint density at radius 3 is 2.88 bits per heavy atom. The Balaban J connectivity index is 2.32. The molecule has 1 aliphatic heterocycles. The summed E-state index contributed by atoms with van der Waals surface area (Å²) >= 11 is 8.15. The van der Waals surface area contributed by atoms with Crippen LogP contribution in [0.5, 0.6) is 0 Å². The van der Waals surface area contributed by atoms with Crippen molar-refractivity contribution in [3.05, 3.63) is 0 Å². The van der Waals surface area contributed by atoms with E-state index in [-0.39, 0.29) is 6.61 Å². The minimum absolute atomic E-state index is 0.262. The van der Waals surface area contributed by atoms with Crippen molar-refractivity contribution in [3.63, 3.8) is 0 Å². The Morgan fingerprint density at radius 2 is 2.62 bits per heavy atom. The van der Waals surface area contributed by atoms with Crippen molar-refractivity contribution < 1.29 is 5.11 Å². The molecule has 8 heavy (non-hydrogen) atoms.